The maximum atomic E-state index is 6.67. The van der Waals surface area contributed by atoms with Crippen molar-refractivity contribution in [3.8, 4) is 11.1 Å². The van der Waals surface area contributed by atoms with Gasteiger partial charge in [0.25, 0.3) is 0 Å². The van der Waals surface area contributed by atoms with E-state index in [0.717, 1.165) is 0 Å². The first-order chi connectivity index (χ1) is 24.8. The Balaban J connectivity index is 1.45. The molecule has 52 heavy (non-hydrogen) atoms. The van der Waals surface area contributed by atoms with Crippen LogP contribution in [0.15, 0.2) is 97.1 Å². The van der Waals surface area contributed by atoms with Gasteiger partial charge in [0.05, 0.1) is 0 Å². The Labute approximate surface area is 323 Å². The molecule has 0 bridgehead atoms. The predicted molar refractivity (Wildman–Crippen MR) is 233 cm³/mol. The minimum Gasteiger partial charge on any atom is -0.122 e. The van der Waals surface area contributed by atoms with E-state index in [1.165, 1.54) is 111 Å². The summed E-state index contributed by atoms with van der Waals surface area (Å²) in [5.41, 5.74) is 25.7. The van der Waals surface area contributed by atoms with Crippen molar-refractivity contribution >= 4 is 69.4 Å². The molecule has 0 saturated carbocycles. The topological polar surface area (TPSA) is 0 Å². The van der Waals surface area contributed by atoms with Gasteiger partial charge in [0.2, 0.25) is 13.4 Å². The van der Waals surface area contributed by atoms with Crippen molar-refractivity contribution in [3.63, 3.8) is 0 Å². The zero-order valence-corrected chi connectivity index (χ0v) is 34.1. The van der Waals surface area contributed by atoms with Crippen molar-refractivity contribution in [1.29, 1.82) is 0 Å². The van der Waals surface area contributed by atoms with Crippen LogP contribution in [0.2, 0.25) is 0 Å². The van der Waals surface area contributed by atoms with E-state index in [9.17, 15) is 0 Å². The minimum atomic E-state index is 0.0165. The number of benzene rings is 6. The summed E-state index contributed by atoms with van der Waals surface area (Å²) in [6, 6.07) is 36.9. The summed E-state index contributed by atoms with van der Waals surface area (Å²) in [6.45, 7) is 22.4. The fraction of sp³-hybridized carbons (Fsp3) is 0.250. The van der Waals surface area contributed by atoms with Crippen LogP contribution >= 0.6 is 23.2 Å². The Morgan fingerprint density at radius 1 is 0.346 bits per heavy atom. The summed E-state index contributed by atoms with van der Waals surface area (Å²) in [5, 5.41) is 0. The van der Waals surface area contributed by atoms with Crippen LogP contribution in [0.4, 0.5) is 0 Å². The Hall–Kier alpha value is -3.97. The van der Waals surface area contributed by atoms with Gasteiger partial charge in [-0.15, -0.1) is 23.2 Å². The largest absolute Gasteiger partial charge is 0.242 e. The van der Waals surface area contributed by atoms with E-state index in [4.69, 9.17) is 23.2 Å². The molecule has 6 rings (SSSR count). The van der Waals surface area contributed by atoms with Crippen LogP contribution in [0, 0.1) is 69.2 Å². The van der Waals surface area contributed by atoms with Crippen LogP contribution in [0.3, 0.4) is 0 Å². The number of aryl methyl sites for hydroxylation is 10. The second kappa shape index (κ2) is 15.6. The summed E-state index contributed by atoms with van der Waals surface area (Å²) in [6.07, 6.45) is 0. The smallest absolute Gasteiger partial charge is 0.122 e. The fourth-order valence-corrected chi connectivity index (χ4v) is 9.61. The van der Waals surface area contributed by atoms with Crippen LogP contribution in [-0.4, -0.2) is 13.4 Å². The first-order valence-electron chi connectivity index (χ1n) is 18.5. The first kappa shape index (κ1) is 37.8. The van der Waals surface area contributed by atoms with Crippen LogP contribution in [0.1, 0.15) is 66.8 Å². The Kier molecular flexibility index (Phi) is 11.3. The third kappa shape index (κ3) is 7.44. The number of alkyl halides is 2. The number of halogens is 2. The molecular formula is C48H50B2Cl2. The first-order valence-corrected chi connectivity index (χ1v) is 19.6. The average molecular weight is 719 g/mol. The highest BCUT2D eigenvalue weighted by Gasteiger charge is 2.31. The van der Waals surface area contributed by atoms with E-state index in [0.29, 0.717) is 11.8 Å². The quantitative estimate of drug-likeness (QED) is 0.104. The van der Waals surface area contributed by atoms with Crippen LogP contribution in [0.25, 0.3) is 11.1 Å². The van der Waals surface area contributed by atoms with Crippen molar-refractivity contribution in [2.75, 3.05) is 0 Å². The molecule has 0 aliphatic heterocycles. The van der Waals surface area contributed by atoms with Crippen LogP contribution in [0.5, 0.6) is 0 Å². The lowest BCUT2D eigenvalue weighted by Crippen LogP contribution is -2.56. The maximum Gasteiger partial charge on any atom is 0.242 e. The highest BCUT2D eigenvalue weighted by atomic mass is 35.5. The van der Waals surface area contributed by atoms with Gasteiger partial charge in [-0.3, -0.25) is 0 Å². The summed E-state index contributed by atoms with van der Waals surface area (Å²) < 4.78 is 0. The highest BCUT2D eigenvalue weighted by Crippen LogP contribution is 2.21. The van der Waals surface area contributed by atoms with E-state index in [2.05, 4.69) is 166 Å². The zero-order chi connectivity index (χ0) is 37.4. The van der Waals surface area contributed by atoms with Crippen molar-refractivity contribution in [1.82, 2.24) is 0 Å². The Bertz CT molecular complexity index is 2100. The van der Waals surface area contributed by atoms with Crippen molar-refractivity contribution in [2.45, 2.75) is 81.0 Å². The molecule has 0 atom stereocenters. The third-order valence-electron chi connectivity index (χ3n) is 11.0. The average Bonchev–Trinajstić information content (AvgIpc) is 3.08. The molecule has 6 aromatic carbocycles. The molecule has 0 heterocycles. The summed E-state index contributed by atoms with van der Waals surface area (Å²) >= 11 is 13.3. The molecular weight excluding hydrogens is 669 g/mol. The summed E-state index contributed by atoms with van der Waals surface area (Å²) in [7, 11) is 0. The van der Waals surface area contributed by atoms with Gasteiger partial charge >= 0.3 is 0 Å². The minimum absolute atomic E-state index is 0.0165. The van der Waals surface area contributed by atoms with Crippen LogP contribution < -0.4 is 32.8 Å². The highest BCUT2D eigenvalue weighted by molar-refractivity contribution is 6.97. The molecule has 0 fully saturated rings. The second-order valence-electron chi connectivity index (χ2n) is 15.3. The summed E-state index contributed by atoms with van der Waals surface area (Å²) in [5.74, 6) is 0.925. The molecule has 0 N–H and O–H groups in total. The molecule has 0 radical (unpaired) electrons. The van der Waals surface area contributed by atoms with Crippen molar-refractivity contribution < 1.29 is 0 Å². The molecule has 4 heteroatoms. The number of hydrogen-bond acceptors (Lipinski definition) is 0. The lowest BCUT2D eigenvalue weighted by atomic mass is 9.34. The Morgan fingerprint density at radius 3 is 0.885 bits per heavy atom. The number of rotatable bonds is 9. The van der Waals surface area contributed by atoms with Crippen LogP contribution in [-0.2, 0) is 11.8 Å². The molecule has 0 aromatic heterocycles. The summed E-state index contributed by atoms with van der Waals surface area (Å²) in [4.78, 5) is 0. The van der Waals surface area contributed by atoms with E-state index in [1.807, 2.05) is 0 Å². The predicted octanol–water partition coefficient (Wildman–Crippen LogP) is 8.95. The molecule has 0 nitrogen and oxygen atoms in total. The molecule has 0 saturated heterocycles. The molecule has 0 unspecified atom stereocenters. The molecule has 0 amide bonds. The standard InChI is InChI=1S/C48H50B2Cl2/c1-29-19-33(5)45(34(6)20-29)49(46-35(7)21-30(2)22-36(46)8)43-15-11-39(12-16-43)40-13-17-44(18-14-40)50(47-37(9)23-31(3)25-41(47)27-51)48-38(10)24-32(4)26-42(48)28-52/h11-26H,27-28H2,1-10H3. The van der Waals surface area contributed by atoms with E-state index in [1.54, 1.807) is 0 Å². The van der Waals surface area contributed by atoms with E-state index < -0.39 is 0 Å². The molecule has 262 valence electrons. The van der Waals surface area contributed by atoms with Gasteiger partial charge in [0, 0.05) is 11.8 Å². The SMILES string of the molecule is Cc1cc(C)c(B(c2ccc(-c3ccc(B(c4c(C)cc(C)cc4CCl)c4c(C)cc(C)cc4CCl)cc3)cc2)c2c(C)cc(C)cc2C)c(C)c1. The van der Waals surface area contributed by atoms with Gasteiger partial charge in [-0.1, -0.05) is 185 Å². The molecule has 0 aliphatic carbocycles. The molecule has 0 aliphatic rings. The van der Waals surface area contributed by atoms with E-state index >= 15 is 0 Å². The van der Waals surface area contributed by atoms with Gasteiger partial charge in [-0.2, -0.15) is 0 Å². The molecule has 6 aromatic rings. The lowest BCUT2D eigenvalue weighted by Gasteiger charge is -2.26. The zero-order valence-electron chi connectivity index (χ0n) is 32.6. The monoisotopic (exact) mass is 718 g/mol. The second-order valence-corrected chi connectivity index (χ2v) is 15.8. The van der Waals surface area contributed by atoms with Gasteiger partial charge in [0.1, 0.15) is 0 Å². The van der Waals surface area contributed by atoms with Crippen molar-refractivity contribution in [3.05, 3.63) is 164 Å². The lowest BCUT2D eigenvalue weighted by molar-refractivity contribution is 1.31. The van der Waals surface area contributed by atoms with Gasteiger partial charge in [-0.05, 0) is 91.5 Å². The molecule has 0 spiro atoms. The third-order valence-corrected chi connectivity index (χ3v) is 11.5. The van der Waals surface area contributed by atoms with Gasteiger partial charge < -0.3 is 0 Å². The number of hydrogen-bond donors (Lipinski definition) is 0. The van der Waals surface area contributed by atoms with Crippen molar-refractivity contribution in [2.24, 2.45) is 0 Å². The van der Waals surface area contributed by atoms with Gasteiger partial charge in [-0.25, -0.2) is 0 Å². The fourth-order valence-electron chi connectivity index (χ4n) is 9.17. The maximum absolute atomic E-state index is 6.67. The van der Waals surface area contributed by atoms with E-state index in [-0.39, 0.29) is 13.4 Å². The van der Waals surface area contributed by atoms with Gasteiger partial charge in [0.15, 0.2) is 0 Å². The Morgan fingerprint density at radius 2 is 0.596 bits per heavy atom. The normalized spacial score (nSPS) is 11.2.